The van der Waals surface area contributed by atoms with Crippen molar-refractivity contribution < 1.29 is 0 Å². The van der Waals surface area contributed by atoms with Crippen LogP contribution in [0.4, 0.5) is 0 Å². The lowest BCUT2D eigenvalue weighted by atomic mass is 9.45. The number of halogens is 1. The Balaban J connectivity index is 1.62. The summed E-state index contributed by atoms with van der Waals surface area (Å²) < 4.78 is 0. The van der Waals surface area contributed by atoms with E-state index in [1.165, 1.54) is 38.5 Å². The fraction of sp³-hybridized carbons (Fsp3) is 1.00. The first-order valence-electron chi connectivity index (χ1n) is 9.17. The van der Waals surface area contributed by atoms with Gasteiger partial charge in [0.1, 0.15) is 0 Å². The Morgan fingerprint density at radius 3 is 2.55 bits per heavy atom. The van der Waals surface area contributed by atoms with E-state index in [0.29, 0.717) is 5.41 Å². The van der Waals surface area contributed by atoms with Crippen molar-refractivity contribution in [3.05, 3.63) is 0 Å². The topological polar surface area (TPSA) is 0 Å². The summed E-state index contributed by atoms with van der Waals surface area (Å²) in [4.78, 5) is 0.817. The summed E-state index contributed by atoms with van der Waals surface area (Å²) >= 11 is 3.92. The minimum atomic E-state index is 0.692. The Bertz CT molecular complexity index is 391. The number of alkyl halides is 1. The maximum Gasteiger partial charge on any atom is 0.0148 e. The van der Waals surface area contributed by atoms with Crippen LogP contribution < -0.4 is 0 Å². The van der Waals surface area contributed by atoms with Crippen molar-refractivity contribution in [2.45, 2.75) is 82.9 Å². The molecule has 7 unspecified atom stereocenters. The average molecular weight is 339 g/mol. The van der Waals surface area contributed by atoms with Crippen LogP contribution in [0.2, 0.25) is 0 Å². The van der Waals surface area contributed by atoms with Crippen LogP contribution in [0.1, 0.15) is 78.1 Å². The molecular formula is C19H31Br. The zero-order valence-electron chi connectivity index (χ0n) is 13.3. The highest BCUT2D eigenvalue weighted by Gasteiger charge is 2.57. The SMILES string of the molecule is CC12CCCC1C1CCC3CC(Br)CCC3(C)C1CC2. The molecule has 4 aliphatic rings. The van der Waals surface area contributed by atoms with Gasteiger partial charge >= 0.3 is 0 Å². The normalized spacial score (nSPS) is 58.6. The first-order chi connectivity index (χ1) is 9.53. The molecule has 0 N–H and O–H groups in total. The van der Waals surface area contributed by atoms with Crippen molar-refractivity contribution in [2.24, 2.45) is 34.5 Å². The first-order valence-corrected chi connectivity index (χ1v) is 10.1. The standard InChI is InChI=1S/C19H31Br/c1-18-9-3-4-16(18)15-6-5-13-12-14(20)7-11-19(13,2)17(15)8-10-18/h13-17H,3-12H2,1-2H3. The van der Waals surface area contributed by atoms with Crippen LogP contribution in [0, 0.1) is 34.5 Å². The lowest BCUT2D eigenvalue weighted by molar-refractivity contribution is -0.102. The van der Waals surface area contributed by atoms with Crippen LogP contribution in [0.15, 0.2) is 0 Å². The van der Waals surface area contributed by atoms with Gasteiger partial charge in [-0.3, -0.25) is 0 Å². The third-order valence-corrected chi connectivity index (χ3v) is 9.21. The minimum Gasteiger partial charge on any atom is -0.0891 e. The maximum atomic E-state index is 3.92. The number of fused-ring (bicyclic) bond motifs is 5. The molecule has 0 saturated heterocycles. The Hall–Kier alpha value is 0.480. The molecule has 7 atom stereocenters. The summed E-state index contributed by atoms with van der Waals surface area (Å²) in [6.45, 7) is 5.32. The van der Waals surface area contributed by atoms with Gasteiger partial charge < -0.3 is 0 Å². The molecule has 1 heteroatoms. The summed E-state index contributed by atoms with van der Waals surface area (Å²) in [5.41, 5.74) is 1.42. The molecule has 0 aliphatic heterocycles. The molecule has 4 saturated carbocycles. The van der Waals surface area contributed by atoms with Crippen molar-refractivity contribution in [2.75, 3.05) is 0 Å². The first kappa shape index (κ1) is 14.1. The predicted molar refractivity (Wildman–Crippen MR) is 89.1 cm³/mol. The Morgan fingerprint density at radius 1 is 0.850 bits per heavy atom. The van der Waals surface area contributed by atoms with Gasteiger partial charge in [0.25, 0.3) is 0 Å². The molecule has 0 aromatic heterocycles. The van der Waals surface area contributed by atoms with Crippen LogP contribution in [0.5, 0.6) is 0 Å². The van der Waals surface area contributed by atoms with Crippen molar-refractivity contribution in [3.63, 3.8) is 0 Å². The van der Waals surface area contributed by atoms with Gasteiger partial charge in [0.05, 0.1) is 0 Å². The molecule has 0 nitrogen and oxygen atoms in total. The second kappa shape index (κ2) is 4.74. The van der Waals surface area contributed by atoms with Gasteiger partial charge in [-0.25, -0.2) is 0 Å². The summed E-state index contributed by atoms with van der Waals surface area (Å²) in [6.07, 6.45) is 15.2. The predicted octanol–water partition coefficient (Wildman–Crippen LogP) is 6.18. The molecule has 4 aliphatic carbocycles. The van der Waals surface area contributed by atoms with E-state index >= 15 is 0 Å². The maximum absolute atomic E-state index is 3.92. The Labute approximate surface area is 133 Å². The van der Waals surface area contributed by atoms with Gasteiger partial charge in [-0.15, -0.1) is 0 Å². The molecule has 0 heterocycles. The zero-order chi connectivity index (χ0) is 14.0. The molecule has 114 valence electrons. The largest absolute Gasteiger partial charge is 0.0891 e. The van der Waals surface area contributed by atoms with Gasteiger partial charge in [0, 0.05) is 4.83 Å². The van der Waals surface area contributed by atoms with Gasteiger partial charge in [-0.2, -0.15) is 0 Å². The Morgan fingerprint density at radius 2 is 1.70 bits per heavy atom. The molecule has 0 radical (unpaired) electrons. The average Bonchev–Trinajstić information content (AvgIpc) is 2.81. The fourth-order valence-corrected chi connectivity index (χ4v) is 7.88. The molecule has 0 aromatic rings. The van der Waals surface area contributed by atoms with Gasteiger partial charge in [-0.1, -0.05) is 36.2 Å². The monoisotopic (exact) mass is 338 g/mol. The van der Waals surface area contributed by atoms with E-state index in [2.05, 4.69) is 29.8 Å². The van der Waals surface area contributed by atoms with Crippen LogP contribution in [0.25, 0.3) is 0 Å². The highest BCUT2D eigenvalue weighted by atomic mass is 79.9. The third-order valence-electron chi connectivity index (χ3n) is 8.38. The fourth-order valence-electron chi connectivity index (χ4n) is 7.20. The zero-order valence-corrected chi connectivity index (χ0v) is 14.9. The summed E-state index contributed by atoms with van der Waals surface area (Å²) in [7, 11) is 0. The van der Waals surface area contributed by atoms with E-state index < -0.39 is 0 Å². The summed E-state index contributed by atoms with van der Waals surface area (Å²) in [5, 5.41) is 0. The summed E-state index contributed by atoms with van der Waals surface area (Å²) in [6, 6.07) is 0. The van der Waals surface area contributed by atoms with E-state index in [-0.39, 0.29) is 0 Å². The third kappa shape index (κ3) is 1.90. The number of hydrogen-bond acceptors (Lipinski definition) is 0. The smallest absolute Gasteiger partial charge is 0.0148 e. The number of hydrogen-bond donors (Lipinski definition) is 0. The second-order valence-corrected chi connectivity index (χ2v) is 10.4. The van der Waals surface area contributed by atoms with Gasteiger partial charge in [0.15, 0.2) is 0 Å². The molecule has 0 aromatic carbocycles. The molecule has 0 spiro atoms. The highest BCUT2D eigenvalue weighted by molar-refractivity contribution is 9.09. The number of rotatable bonds is 0. The molecule has 20 heavy (non-hydrogen) atoms. The second-order valence-electron chi connectivity index (χ2n) is 9.11. The molecular weight excluding hydrogens is 308 g/mol. The van der Waals surface area contributed by atoms with Crippen molar-refractivity contribution in [1.29, 1.82) is 0 Å². The van der Waals surface area contributed by atoms with E-state index in [0.717, 1.165) is 33.9 Å². The molecule has 4 rings (SSSR count). The van der Waals surface area contributed by atoms with Crippen LogP contribution >= 0.6 is 15.9 Å². The van der Waals surface area contributed by atoms with Gasteiger partial charge in [-0.05, 0) is 92.3 Å². The van der Waals surface area contributed by atoms with Gasteiger partial charge in [0.2, 0.25) is 0 Å². The van der Waals surface area contributed by atoms with E-state index in [1.807, 2.05) is 0 Å². The highest BCUT2D eigenvalue weighted by Crippen LogP contribution is 2.66. The van der Waals surface area contributed by atoms with Crippen molar-refractivity contribution in [1.82, 2.24) is 0 Å². The van der Waals surface area contributed by atoms with E-state index in [1.54, 1.807) is 25.7 Å². The van der Waals surface area contributed by atoms with Crippen LogP contribution in [-0.2, 0) is 0 Å². The minimum absolute atomic E-state index is 0.692. The van der Waals surface area contributed by atoms with Crippen molar-refractivity contribution in [3.8, 4) is 0 Å². The quantitative estimate of drug-likeness (QED) is 0.462. The molecule has 0 bridgehead atoms. The Kier molecular flexibility index (Phi) is 3.34. The summed E-state index contributed by atoms with van der Waals surface area (Å²) in [5.74, 6) is 4.26. The lowest BCUT2D eigenvalue weighted by Crippen LogP contribution is -2.52. The van der Waals surface area contributed by atoms with Crippen molar-refractivity contribution >= 4 is 15.9 Å². The lowest BCUT2D eigenvalue weighted by Gasteiger charge is -2.60. The molecule has 0 amide bonds. The van der Waals surface area contributed by atoms with Crippen LogP contribution in [-0.4, -0.2) is 4.83 Å². The van der Waals surface area contributed by atoms with E-state index in [9.17, 15) is 0 Å². The molecule has 4 fully saturated rings. The van der Waals surface area contributed by atoms with E-state index in [4.69, 9.17) is 0 Å². The van der Waals surface area contributed by atoms with Crippen LogP contribution in [0.3, 0.4) is 0 Å².